The van der Waals surface area contributed by atoms with Crippen molar-refractivity contribution in [1.82, 2.24) is 4.98 Å². The number of nitrogens with one attached hydrogen (secondary N) is 1. The number of carbonyl (C=O) groups is 1. The highest BCUT2D eigenvalue weighted by atomic mass is 79.9. The number of aromatic nitrogens is 1. The lowest BCUT2D eigenvalue weighted by Gasteiger charge is -2.24. The van der Waals surface area contributed by atoms with Gasteiger partial charge in [0.25, 0.3) is 11.5 Å². The molecule has 0 aliphatic carbocycles. The molecule has 0 saturated carbocycles. The van der Waals surface area contributed by atoms with Gasteiger partial charge in [-0.3, -0.25) is 9.59 Å². The Morgan fingerprint density at radius 1 is 0.966 bits per heavy atom. The maximum absolute atomic E-state index is 13.4. The van der Waals surface area contributed by atoms with E-state index < -0.39 is 0 Å². The molecule has 29 heavy (non-hydrogen) atoms. The van der Waals surface area contributed by atoms with E-state index in [0.29, 0.717) is 11.1 Å². The van der Waals surface area contributed by atoms with E-state index in [2.05, 4.69) is 20.9 Å². The summed E-state index contributed by atoms with van der Waals surface area (Å²) in [6, 6.07) is 24.5. The summed E-state index contributed by atoms with van der Waals surface area (Å²) >= 11 is 3.47. The van der Waals surface area contributed by atoms with Gasteiger partial charge >= 0.3 is 0 Å². The van der Waals surface area contributed by atoms with Gasteiger partial charge in [-0.05, 0) is 70.2 Å². The predicted octanol–water partition coefficient (Wildman–Crippen LogP) is 5.45. The summed E-state index contributed by atoms with van der Waals surface area (Å²) in [5.41, 5.74) is 3.46. The van der Waals surface area contributed by atoms with Crippen molar-refractivity contribution in [3.05, 3.63) is 110 Å². The van der Waals surface area contributed by atoms with Crippen LogP contribution in [0.25, 0.3) is 10.9 Å². The molecule has 1 N–H and O–H groups in total. The SMILES string of the molecule is Cc1cccc(N(Cc2cc3ccccc3[nH]c2=O)C(=O)c2ccccc2Br)c1. The minimum Gasteiger partial charge on any atom is -0.322 e. The highest BCUT2D eigenvalue weighted by Gasteiger charge is 2.21. The van der Waals surface area contributed by atoms with Gasteiger partial charge in [-0.2, -0.15) is 0 Å². The van der Waals surface area contributed by atoms with Crippen LogP contribution in [0.5, 0.6) is 0 Å². The molecule has 0 fully saturated rings. The number of nitrogens with zero attached hydrogens (tertiary/aromatic N) is 1. The zero-order chi connectivity index (χ0) is 20.4. The molecular formula is C24H19BrN2O2. The molecule has 0 radical (unpaired) electrons. The molecule has 4 rings (SSSR count). The summed E-state index contributed by atoms with van der Waals surface area (Å²) in [6.07, 6.45) is 0. The monoisotopic (exact) mass is 446 g/mol. The van der Waals surface area contributed by atoms with E-state index >= 15 is 0 Å². The Kier molecular flexibility index (Phi) is 5.32. The summed E-state index contributed by atoms with van der Waals surface area (Å²) in [4.78, 5) is 30.7. The maximum atomic E-state index is 13.4. The highest BCUT2D eigenvalue weighted by Crippen LogP contribution is 2.25. The van der Waals surface area contributed by atoms with Gasteiger partial charge < -0.3 is 9.88 Å². The number of halogens is 1. The van der Waals surface area contributed by atoms with Crippen molar-refractivity contribution < 1.29 is 4.79 Å². The number of H-pyrrole nitrogens is 1. The van der Waals surface area contributed by atoms with E-state index in [1.165, 1.54) is 0 Å². The van der Waals surface area contributed by atoms with Gasteiger partial charge in [0.05, 0.1) is 12.1 Å². The highest BCUT2D eigenvalue weighted by molar-refractivity contribution is 9.10. The fourth-order valence-corrected chi connectivity index (χ4v) is 3.79. The summed E-state index contributed by atoms with van der Waals surface area (Å²) in [5.74, 6) is -0.171. The van der Waals surface area contributed by atoms with E-state index in [0.717, 1.165) is 26.6 Å². The average Bonchev–Trinajstić information content (AvgIpc) is 2.72. The first kappa shape index (κ1) is 19.2. The van der Waals surface area contributed by atoms with Crippen LogP contribution < -0.4 is 10.5 Å². The number of hydrogen-bond donors (Lipinski definition) is 1. The van der Waals surface area contributed by atoms with Gasteiger partial charge in [-0.25, -0.2) is 0 Å². The maximum Gasteiger partial charge on any atom is 0.259 e. The lowest BCUT2D eigenvalue weighted by Crippen LogP contribution is -2.33. The van der Waals surface area contributed by atoms with Crippen LogP contribution in [0.4, 0.5) is 5.69 Å². The van der Waals surface area contributed by atoms with Crippen molar-refractivity contribution >= 4 is 38.4 Å². The summed E-state index contributed by atoms with van der Waals surface area (Å²) in [7, 11) is 0. The molecular weight excluding hydrogens is 428 g/mol. The minimum absolute atomic E-state index is 0.170. The number of aryl methyl sites for hydroxylation is 1. The van der Waals surface area contributed by atoms with Gasteiger partial charge in [0.15, 0.2) is 0 Å². The molecule has 4 nitrogen and oxygen atoms in total. The minimum atomic E-state index is -0.193. The molecule has 1 heterocycles. The van der Waals surface area contributed by atoms with Gasteiger partial charge in [0.1, 0.15) is 0 Å². The molecule has 0 atom stereocenters. The van der Waals surface area contributed by atoms with E-state index in [1.54, 1.807) is 11.0 Å². The van der Waals surface area contributed by atoms with Gasteiger partial charge in [-0.1, -0.05) is 42.5 Å². The number of hydrogen-bond acceptors (Lipinski definition) is 2. The first-order chi connectivity index (χ1) is 14.0. The van der Waals surface area contributed by atoms with Crippen LogP contribution in [0.3, 0.4) is 0 Å². The largest absolute Gasteiger partial charge is 0.322 e. The third-order valence-electron chi connectivity index (χ3n) is 4.82. The molecule has 1 amide bonds. The van der Waals surface area contributed by atoms with Crippen LogP contribution in [0, 0.1) is 6.92 Å². The van der Waals surface area contributed by atoms with E-state index in [9.17, 15) is 9.59 Å². The second-order valence-electron chi connectivity index (χ2n) is 6.92. The Labute approximate surface area is 176 Å². The summed E-state index contributed by atoms with van der Waals surface area (Å²) in [6.45, 7) is 2.15. The van der Waals surface area contributed by atoms with Crippen LogP contribution in [0.1, 0.15) is 21.5 Å². The van der Waals surface area contributed by atoms with E-state index in [1.807, 2.05) is 79.7 Å². The predicted molar refractivity (Wildman–Crippen MR) is 120 cm³/mol. The Morgan fingerprint density at radius 3 is 2.52 bits per heavy atom. The molecule has 144 valence electrons. The molecule has 0 bridgehead atoms. The van der Waals surface area contributed by atoms with Crippen molar-refractivity contribution in [2.45, 2.75) is 13.5 Å². The summed E-state index contributed by atoms with van der Waals surface area (Å²) in [5, 5.41) is 0.930. The van der Waals surface area contributed by atoms with Crippen molar-refractivity contribution in [2.24, 2.45) is 0 Å². The zero-order valence-electron chi connectivity index (χ0n) is 15.9. The standard InChI is InChI=1S/C24H19BrN2O2/c1-16-7-6-9-19(13-16)27(24(29)20-10-3-4-11-21(20)25)15-18-14-17-8-2-5-12-22(17)26-23(18)28/h2-14H,15H2,1H3,(H,26,28). The van der Waals surface area contributed by atoms with Crippen LogP contribution in [-0.2, 0) is 6.54 Å². The number of fused-ring (bicyclic) bond motifs is 1. The van der Waals surface area contributed by atoms with Crippen molar-refractivity contribution in [2.75, 3.05) is 4.90 Å². The van der Waals surface area contributed by atoms with E-state index in [-0.39, 0.29) is 18.0 Å². The Balaban J connectivity index is 1.81. The van der Waals surface area contributed by atoms with Crippen LogP contribution in [-0.4, -0.2) is 10.9 Å². The van der Waals surface area contributed by atoms with Gasteiger partial charge in [-0.15, -0.1) is 0 Å². The normalized spacial score (nSPS) is 10.8. The zero-order valence-corrected chi connectivity index (χ0v) is 17.4. The lowest BCUT2D eigenvalue weighted by atomic mass is 10.1. The fraction of sp³-hybridized carbons (Fsp3) is 0.0833. The number of benzene rings is 3. The molecule has 5 heteroatoms. The number of amides is 1. The van der Waals surface area contributed by atoms with Crippen LogP contribution >= 0.6 is 15.9 Å². The molecule has 0 aliphatic rings. The molecule has 0 spiro atoms. The Morgan fingerprint density at radius 2 is 1.72 bits per heavy atom. The number of anilines is 1. The number of carbonyl (C=O) groups excluding carboxylic acids is 1. The first-order valence-corrected chi connectivity index (χ1v) is 10.1. The quantitative estimate of drug-likeness (QED) is 0.453. The van der Waals surface area contributed by atoms with Gasteiger partial charge in [0.2, 0.25) is 0 Å². The second-order valence-corrected chi connectivity index (χ2v) is 7.78. The molecule has 0 unspecified atom stereocenters. The second kappa shape index (κ2) is 8.05. The topological polar surface area (TPSA) is 53.2 Å². The molecule has 1 aromatic heterocycles. The smallest absolute Gasteiger partial charge is 0.259 e. The lowest BCUT2D eigenvalue weighted by molar-refractivity contribution is 0.0984. The first-order valence-electron chi connectivity index (χ1n) is 9.27. The van der Waals surface area contributed by atoms with Crippen LogP contribution in [0.15, 0.2) is 88.1 Å². The van der Waals surface area contributed by atoms with E-state index in [4.69, 9.17) is 0 Å². The third-order valence-corrected chi connectivity index (χ3v) is 5.51. The Bertz CT molecular complexity index is 1260. The van der Waals surface area contributed by atoms with Gasteiger partial charge in [0, 0.05) is 21.2 Å². The summed E-state index contributed by atoms with van der Waals surface area (Å²) < 4.78 is 0.718. The number of aromatic amines is 1. The number of para-hydroxylation sites is 1. The number of pyridine rings is 1. The molecule has 0 aliphatic heterocycles. The number of rotatable bonds is 4. The average molecular weight is 447 g/mol. The molecule has 4 aromatic rings. The molecule has 3 aromatic carbocycles. The van der Waals surface area contributed by atoms with Crippen LogP contribution in [0.2, 0.25) is 0 Å². The third kappa shape index (κ3) is 4.00. The fourth-order valence-electron chi connectivity index (χ4n) is 3.34. The van der Waals surface area contributed by atoms with Crippen molar-refractivity contribution in [3.8, 4) is 0 Å². The Hall–Kier alpha value is -3.18. The van der Waals surface area contributed by atoms with Crippen molar-refractivity contribution in [3.63, 3.8) is 0 Å². The van der Waals surface area contributed by atoms with Crippen molar-refractivity contribution in [1.29, 1.82) is 0 Å². The molecule has 0 saturated heterocycles.